The molecular formula is C23H23FeNO7. The Labute approximate surface area is 198 Å². The molecule has 0 fully saturated rings. The van der Waals surface area contributed by atoms with Crippen molar-refractivity contribution in [3.8, 4) is 0 Å². The minimum atomic E-state index is -0.401. The number of rotatable bonds is 7. The predicted molar refractivity (Wildman–Crippen MR) is 109 cm³/mol. The number of methoxy groups -OCH3 is 2. The maximum absolute atomic E-state index is 13.0. The average molecular weight is 481 g/mol. The summed E-state index contributed by atoms with van der Waals surface area (Å²) in [5.41, 5.74) is 1.55. The van der Waals surface area contributed by atoms with Crippen LogP contribution in [-0.2, 0) is 50.1 Å². The number of hydrogen-bond donors (Lipinski definition) is 0. The number of carbonyl (C=O) groups excluding carboxylic acids is 2. The maximum Gasteiger partial charge on any atom is 0 e. The number of ether oxygens (including phenoxy) is 2. The number of esters is 1. The SMILES string of the molecule is COC(=O)/C=C\CCN(C(=O)C1=CC(OC)=CCC1)c1ccccc1.[C-]#[O+].[C-]#[O+].[C-]#[O+].[Fe]. The van der Waals surface area contributed by atoms with E-state index in [1.807, 2.05) is 36.4 Å². The molecule has 1 aromatic rings. The first kappa shape index (κ1) is 33.6. The topological polar surface area (TPSA) is 116 Å². The first-order chi connectivity index (χ1) is 15.2. The molecule has 0 radical (unpaired) electrons. The van der Waals surface area contributed by atoms with Crippen molar-refractivity contribution in [3.05, 3.63) is 85.9 Å². The number of para-hydroxylation sites is 1. The van der Waals surface area contributed by atoms with Crippen LogP contribution in [0.5, 0.6) is 0 Å². The fourth-order valence-corrected chi connectivity index (χ4v) is 2.56. The van der Waals surface area contributed by atoms with Crippen molar-refractivity contribution in [3.63, 3.8) is 0 Å². The van der Waals surface area contributed by atoms with Gasteiger partial charge in [-0.2, -0.15) is 0 Å². The van der Waals surface area contributed by atoms with Gasteiger partial charge in [-0.05, 0) is 43.5 Å². The van der Waals surface area contributed by atoms with E-state index < -0.39 is 5.97 Å². The minimum absolute atomic E-state index is 0. The van der Waals surface area contributed by atoms with Crippen molar-refractivity contribution < 1.29 is 50.1 Å². The number of allylic oxidation sites excluding steroid dienone is 2. The number of hydrogen-bond acceptors (Lipinski definition) is 4. The Bertz CT molecular complexity index is 809. The summed E-state index contributed by atoms with van der Waals surface area (Å²) in [6, 6.07) is 9.51. The van der Waals surface area contributed by atoms with Crippen LogP contribution in [0.1, 0.15) is 19.3 Å². The van der Waals surface area contributed by atoms with Crippen LogP contribution in [-0.4, -0.2) is 32.6 Å². The molecule has 1 aliphatic rings. The van der Waals surface area contributed by atoms with E-state index in [4.69, 9.17) is 18.7 Å². The molecule has 0 aromatic heterocycles. The monoisotopic (exact) mass is 481 g/mol. The van der Waals surface area contributed by atoms with Gasteiger partial charge in [0.15, 0.2) is 0 Å². The normalized spacial score (nSPS) is 11.0. The number of amides is 1. The molecule has 0 N–H and O–H groups in total. The van der Waals surface area contributed by atoms with Gasteiger partial charge in [-0.3, -0.25) is 4.79 Å². The van der Waals surface area contributed by atoms with Crippen molar-refractivity contribution in [1.29, 1.82) is 0 Å². The Morgan fingerprint density at radius 2 is 1.66 bits per heavy atom. The summed E-state index contributed by atoms with van der Waals surface area (Å²) >= 11 is 0. The molecule has 2 rings (SSSR count). The molecule has 0 unspecified atom stereocenters. The summed E-state index contributed by atoms with van der Waals surface area (Å²) in [6.07, 6.45) is 8.88. The van der Waals surface area contributed by atoms with Crippen molar-refractivity contribution in [2.24, 2.45) is 0 Å². The minimum Gasteiger partial charge on any atom is 0 e. The second-order valence-corrected chi connectivity index (χ2v) is 5.53. The summed E-state index contributed by atoms with van der Waals surface area (Å²) in [7, 11) is 2.94. The molecule has 170 valence electrons. The van der Waals surface area contributed by atoms with E-state index in [-0.39, 0.29) is 23.0 Å². The third-order valence-electron chi connectivity index (χ3n) is 3.87. The van der Waals surface area contributed by atoms with Gasteiger partial charge in [0.1, 0.15) is 5.76 Å². The molecule has 0 saturated carbocycles. The molecule has 1 aromatic carbocycles. The zero-order chi connectivity index (χ0) is 24.1. The average Bonchev–Trinajstić information content (AvgIpc) is 2.87. The summed E-state index contributed by atoms with van der Waals surface area (Å²) in [5.74, 6) is 0.274. The maximum atomic E-state index is 13.0. The first-order valence-electron chi connectivity index (χ1n) is 8.83. The number of nitrogens with zero attached hydrogens (tertiary/aromatic N) is 1. The van der Waals surface area contributed by atoms with Crippen LogP contribution >= 0.6 is 0 Å². The largest absolute Gasteiger partial charge is 0 e. The van der Waals surface area contributed by atoms with Gasteiger partial charge in [-0.1, -0.05) is 24.3 Å². The Morgan fingerprint density at radius 3 is 2.19 bits per heavy atom. The van der Waals surface area contributed by atoms with Crippen LogP contribution in [0.2, 0.25) is 0 Å². The molecule has 0 bridgehead atoms. The molecule has 1 aliphatic carbocycles. The Morgan fingerprint density at radius 1 is 1.06 bits per heavy atom. The van der Waals surface area contributed by atoms with Gasteiger partial charge >= 0.3 is 39.9 Å². The quantitative estimate of drug-likeness (QED) is 0.195. The number of anilines is 1. The third kappa shape index (κ3) is 12.6. The summed E-state index contributed by atoms with van der Waals surface area (Å²) in [5, 5.41) is 0. The van der Waals surface area contributed by atoms with Crippen LogP contribution in [0, 0.1) is 20.0 Å². The van der Waals surface area contributed by atoms with Gasteiger partial charge in [-0.15, -0.1) is 0 Å². The van der Waals surface area contributed by atoms with Gasteiger partial charge in [0, 0.05) is 40.9 Å². The number of benzene rings is 1. The van der Waals surface area contributed by atoms with Crippen LogP contribution in [0.15, 0.2) is 66.0 Å². The molecule has 0 spiro atoms. The van der Waals surface area contributed by atoms with E-state index in [9.17, 15) is 9.59 Å². The standard InChI is InChI=1S/C20H23NO4.3CO.Fe/c1-24-18-12-8-9-16(15-18)20(23)21(17-10-4-3-5-11-17)14-7-6-13-19(22)25-2;3*1-2;/h3-6,10-13,15H,7-9,14H2,1-2H3;;;;/b13-6-;;;;. The van der Waals surface area contributed by atoms with Gasteiger partial charge in [-0.25, -0.2) is 4.79 Å². The molecule has 32 heavy (non-hydrogen) atoms. The molecule has 9 heteroatoms. The molecule has 0 atom stereocenters. The van der Waals surface area contributed by atoms with E-state index in [0.717, 1.165) is 17.7 Å². The molecule has 0 heterocycles. The zero-order valence-electron chi connectivity index (χ0n) is 17.7. The first-order valence-corrected chi connectivity index (χ1v) is 8.83. The van der Waals surface area contributed by atoms with E-state index >= 15 is 0 Å². The summed E-state index contributed by atoms with van der Waals surface area (Å²) in [4.78, 5) is 25.9. The Kier molecular flexibility index (Phi) is 23.7. The van der Waals surface area contributed by atoms with E-state index in [1.165, 1.54) is 13.2 Å². The molecular weight excluding hydrogens is 458 g/mol. The van der Waals surface area contributed by atoms with E-state index in [1.54, 1.807) is 24.2 Å². The van der Waals surface area contributed by atoms with Gasteiger partial charge < -0.3 is 14.4 Å². The molecule has 0 saturated heterocycles. The second kappa shape index (κ2) is 22.6. The Balaban J connectivity index is -0.00000111. The van der Waals surface area contributed by atoms with E-state index in [2.05, 4.69) is 24.7 Å². The second-order valence-electron chi connectivity index (χ2n) is 5.53. The Hall–Kier alpha value is -3.08. The van der Waals surface area contributed by atoms with Gasteiger partial charge in [0.25, 0.3) is 5.91 Å². The number of carbonyl (C=O) groups is 2. The summed E-state index contributed by atoms with van der Waals surface area (Å²) < 4.78 is 32.3. The fourth-order valence-electron chi connectivity index (χ4n) is 2.56. The predicted octanol–water partition coefficient (Wildman–Crippen LogP) is 3.27. The van der Waals surface area contributed by atoms with Gasteiger partial charge in [0.2, 0.25) is 0 Å². The van der Waals surface area contributed by atoms with Crippen LogP contribution in [0.25, 0.3) is 0 Å². The van der Waals surface area contributed by atoms with E-state index in [0.29, 0.717) is 25.1 Å². The smallest absolute Gasteiger partial charge is 0 e. The fraction of sp³-hybridized carbons (Fsp3) is 0.261. The van der Waals surface area contributed by atoms with Crippen LogP contribution < -0.4 is 4.90 Å². The molecule has 0 aliphatic heterocycles. The van der Waals surface area contributed by atoms with Crippen molar-refractivity contribution >= 4 is 17.6 Å². The van der Waals surface area contributed by atoms with Crippen molar-refractivity contribution in [1.82, 2.24) is 0 Å². The summed E-state index contributed by atoms with van der Waals surface area (Å²) in [6.45, 7) is 14.0. The van der Waals surface area contributed by atoms with Crippen LogP contribution in [0.4, 0.5) is 5.69 Å². The molecule has 1 amide bonds. The van der Waals surface area contributed by atoms with Crippen molar-refractivity contribution in [2.75, 3.05) is 25.7 Å². The third-order valence-corrected chi connectivity index (χ3v) is 3.87. The molecule has 8 nitrogen and oxygen atoms in total. The van der Waals surface area contributed by atoms with Gasteiger partial charge in [0.05, 0.1) is 14.2 Å². The van der Waals surface area contributed by atoms with Crippen LogP contribution in [0.3, 0.4) is 0 Å². The van der Waals surface area contributed by atoms with Crippen molar-refractivity contribution in [2.45, 2.75) is 19.3 Å². The zero-order valence-corrected chi connectivity index (χ0v) is 18.8.